The second kappa shape index (κ2) is 6.96. The Hall–Kier alpha value is -2.41. The molecule has 2 atom stereocenters. The van der Waals surface area contributed by atoms with Crippen LogP contribution in [0.25, 0.3) is 11.1 Å². The van der Waals surface area contributed by atoms with Crippen molar-refractivity contribution in [2.75, 3.05) is 7.11 Å². The fourth-order valence-corrected chi connectivity index (χ4v) is 3.62. The lowest BCUT2D eigenvalue weighted by Crippen LogP contribution is -2.26. The molecular weight excluding hydrogens is 383 g/mol. The van der Waals surface area contributed by atoms with Crippen molar-refractivity contribution >= 4 is 22.7 Å². The van der Waals surface area contributed by atoms with Gasteiger partial charge in [0.2, 0.25) is 0 Å². The summed E-state index contributed by atoms with van der Waals surface area (Å²) >= 11 is 6.20. The first-order valence-electron chi connectivity index (χ1n) is 8.13. The molecule has 4 nitrogen and oxygen atoms in total. The number of halogens is 4. The summed E-state index contributed by atoms with van der Waals surface area (Å²) in [6.45, 7) is 1.48. The minimum absolute atomic E-state index is 0.0331. The quantitative estimate of drug-likeness (QED) is 0.602. The highest BCUT2D eigenvalue weighted by Crippen LogP contribution is 2.47. The minimum atomic E-state index is -4.51. The second-order valence-electron chi connectivity index (χ2n) is 6.35. The van der Waals surface area contributed by atoms with E-state index in [0.29, 0.717) is 16.8 Å². The zero-order valence-electron chi connectivity index (χ0n) is 14.8. The minimum Gasteiger partial charge on any atom is -0.497 e. The largest absolute Gasteiger partial charge is 0.497 e. The van der Waals surface area contributed by atoms with Crippen LogP contribution in [0.5, 0.6) is 5.75 Å². The van der Waals surface area contributed by atoms with E-state index in [1.807, 2.05) is 0 Å². The second-order valence-corrected chi connectivity index (χ2v) is 6.76. The number of aryl methyl sites for hydroxylation is 1. The maximum absolute atomic E-state index is 14.0. The van der Waals surface area contributed by atoms with Gasteiger partial charge in [0.15, 0.2) is 5.58 Å². The van der Waals surface area contributed by atoms with Gasteiger partial charge in [-0.05, 0) is 41.3 Å². The topological polar surface area (TPSA) is 44.4 Å². The summed E-state index contributed by atoms with van der Waals surface area (Å²) in [5.41, 5.74) is 0.939. The van der Waals surface area contributed by atoms with Crippen molar-refractivity contribution in [2.45, 2.75) is 24.9 Å². The Morgan fingerprint density at radius 3 is 2.48 bits per heavy atom. The summed E-state index contributed by atoms with van der Waals surface area (Å²) in [7, 11) is 2.90. The van der Waals surface area contributed by atoms with Crippen LogP contribution in [0.2, 0.25) is 5.02 Å². The van der Waals surface area contributed by atoms with E-state index in [2.05, 4.69) is 0 Å². The van der Waals surface area contributed by atoms with Crippen molar-refractivity contribution < 1.29 is 22.3 Å². The SMILES string of the molecule is COc1ccc(C(C)C(c2ccc3oc(=O)n(C)c3c2)C(F)(F)F)c(Cl)c1. The van der Waals surface area contributed by atoms with Crippen molar-refractivity contribution in [1.82, 2.24) is 4.57 Å². The van der Waals surface area contributed by atoms with Crippen LogP contribution in [0, 0.1) is 0 Å². The highest BCUT2D eigenvalue weighted by atomic mass is 35.5. The Morgan fingerprint density at radius 2 is 1.89 bits per heavy atom. The highest BCUT2D eigenvalue weighted by molar-refractivity contribution is 6.31. The molecule has 27 heavy (non-hydrogen) atoms. The van der Waals surface area contributed by atoms with Gasteiger partial charge in [-0.1, -0.05) is 30.7 Å². The predicted octanol–water partition coefficient (Wildman–Crippen LogP) is 5.24. The molecule has 3 rings (SSSR count). The molecule has 2 aromatic carbocycles. The molecule has 0 aliphatic carbocycles. The third-order valence-electron chi connectivity index (χ3n) is 4.73. The number of aromatic nitrogens is 1. The van der Waals surface area contributed by atoms with Gasteiger partial charge in [0.25, 0.3) is 0 Å². The summed E-state index contributed by atoms with van der Waals surface area (Å²) in [6, 6.07) is 8.66. The zero-order valence-corrected chi connectivity index (χ0v) is 15.6. The van der Waals surface area contributed by atoms with Crippen LogP contribution in [0.15, 0.2) is 45.6 Å². The number of alkyl halides is 3. The van der Waals surface area contributed by atoms with Crippen molar-refractivity contribution in [3.63, 3.8) is 0 Å². The molecule has 0 spiro atoms. The number of benzene rings is 2. The summed E-state index contributed by atoms with van der Waals surface area (Å²) in [4.78, 5) is 11.6. The lowest BCUT2D eigenvalue weighted by molar-refractivity contribution is -0.154. The molecule has 0 N–H and O–H groups in total. The summed E-state index contributed by atoms with van der Waals surface area (Å²) < 4.78 is 53.1. The number of methoxy groups -OCH3 is 1. The molecule has 0 fully saturated rings. The fourth-order valence-electron chi connectivity index (χ4n) is 3.28. The first kappa shape index (κ1) is 19.4. The smallest absolute Gasteiger partial charge is 0.419 e. The zero-order chi connectivity index (χ0) is 19.9. The average Bonchev–Trinajstić information content (AvgIpc) is 2.88. The van der Waals surface area contributed by atoms with E-state index in [-0.39, 0.29) is 16.2 Å². The molecule has 0 aliphatic rings. The first-order valence-corrected chi connectivity index (χ1v) is 8.51. The Kier molecular flexibility index (Phi) is 4.99. The summed E-state index contributed by atoms with van der Waals surface area (Å²) in [5.74, 6) is -2.92. The Balaban J connectivity index is 2.12. The fraction of sp³-hybridized carbons (Fsp3) is 0.316. The van der Waals surface area contributed by atoms with Crippen LogP contribution >= 0.6 is 11.6 Å². The Labute approximate surface area is 158 Å². The molecule has 1 aromatic heterocycles. The monoisotopic (exact) mass is 399 g/mol. The van der Waals surface area contributed by atoms with E-state index in [0.717, 1.165) is 0 Å². The van der Waals surface area contributed by atoms with Gasteiger partial charge in [0.1, 0.15) is 5.75 Å². The molecule has 144 valence electrons. The van der Waals surface area contributed by atoms with E-state index >= 15 is 0 Å². The van der Waals surface area contributed by atoms with Gasteiger partial charge in [0, 0.05) is 12.1 Å². The van der Waals surface area contributed by atoms with E-state index in [4.69, 9.17) is 20.8 Å². The van der Waals surface area contributed by atoms with Crippen LogP contribution in [0.4, 0.5) is 13.2 Å². The summed E-state index contributed by atoms with van der Waals surface area (Å²) in [5, 5.41) is 0.202. The third kappa shape index (κ3) is 3.56. The van der Waals surface area contributed by atoms with Crippen LogP contribution < -0.4 is 10.5 Å². The molecule has 3 aromatic rings. The van der Waals surface area contributed by atoms with Crippen molar-refractivity contribution in [1.29, 1.82) is 0 Å². The molecule has 1 heterocycles. The standard InChI is InChI=1S/C19H17ClF3NO3/c1-10(13-6-5-12(26-3)9-14(13)20)17(19(21,22)23)11-4-7-16-15(8-11)24(2)18(25)27-16/h4-10,17H,1-3H3. The van der Waals surface area contributed by atoms with Crippen molar-refractivity contribution in [2.24, 2.45) is 7.05 Å². The predicted molar refractivity (Wildman–Crippen MR) is 96.7 cm³/mol. The van der Waals surface area contributed by atoms with E-state index in [1.54, 1.807) is 6.07 Å². The number of ether oxygens (including phenoxy) is 1. The maximum Gasteiger partial charge on any atom is 0.419 e. The molecule has 0 radical (unpaired) electrons. The third-order valence-corrected chi connectivity index (χ3v) is 5.05. The van der Waals surface area contributed by atoms with E-state index in [1.165, 1.54) is 56.0 Å². The number of hydrogen-bond acceptors (Lipinski definition) is 3. The van der Waals surface area contributed by atoms with E-state index in [9.17, 15) is 18.0 Å². The van der Waals surface area contributed by atoms with Gasteiger partial charge >= 0.3 is 11.9 Å². The summed E-state index contributed by atoms with van der Waals surface area (Å²) in [6.07, 6.45) is -4.51. The molecule has 8 heteroatoms. The van der Waals surface area contributed by atoms with Gasteiger partial charge in [-0.3, -0.25) is 4.57 Å². The van der Waals surface area contributed by atoms with Gasteiger partial charge in [-0.2, -0.15) is 13.2 Å². The normalized spacial score (nSPS) is 14.3. The molecule has 0 amide bonds. The number of oxazole rings is 1. The van der Waals surface area contributed by atoms with Crippen molar-refractivity contribution in [3.8, 4) is 5.75 Å². The molecular formula is C19H17ClF3NO3. The number of rotatable bonds is 4. The Bertz CT molecular complexity index is 1040. The average molecular weight is 400 g/mol. The molecule has 0 bridgehead atoms. The van der Waals surface area contributed by atoms with E-state index < -0.39 is 23.8 Å². The van der Waals surface area contributed by atoms with Crippen LogP contribution in [-0.2, 0) is 7.05 Å². The molecule has 0 aliphatic heterocycles. The van der Waals surface area contributed by atoms with Gasteiger partial charge < -0.3 is 9.15 Å². The Morgan fingerprint density at radius 1 is 1.19 bits per heavy atom. The van der Waals surface area contributed by atoms with Gasteiger partial charge in [-0.15, -0.1) is 0 Å². The lowest BCUT2D eigenvalue weighted by atomic mass is 9.82. The van der Waals surface area contributed by atoms with Gasteiger partial charge in [-0.25, -0.2) is 4.79 Å². The van der Waals surface area contributed by atoms with Crippen LogP contribution in [-0.4, -0.2) is 17.9 Å². The molecule has 0 saturated heterocycles. The first-order chi connectivity index (χ1) is 12.6. The molecule has 0 saturated carbocycles. The molecule has 2 unspecified atom stereocenters. The number of hydrogen-bond donors (Lipinski definition) is 0. The lowest BCUT2D eigenvalue weighted by Gasteiger charge is -2.28. The maximum atomic E-state index is 14.0. The van der Waals surface area contributed by atoms with Crippen molar-refractivity contribution in [3.05, 3.63) is 63.1 Å². The number of fused-ring (bicyclic) bond motifs is 1. The van der Waals surface area contributed by atoms with Crippen LogP contribution in [0.3, 0.4) is 0 Å². The van der Waals surface area contributed by atoms with Gasteiger partial charge in [0.05, 0.1) is 18.5 Å². The number of nitrogens with zero attached hydrogens (tertiary/aromatic N) is 1. The van der Waals surface area contributed by atoms with Crippen LogP contribution in [0.1, 0.15) is 29.9 Å². The highest BCUT2D eigenvalue weighted by Gasteiger charge is 2.45.